The van der Waals surface area contributed by atoms with Crippen LogP contribution >= 0.6 is 0 Å². The van der Waals surface area contributed by atoms with Crippen molar-refractivity contribution in [1.82, 2.24) is 15.0 Å². The van der Waals surface area contributed by atoms with Crippen molar-refractivity contribution in [2.75, 3.05) is 13.1 Å². The Bertz CT molecular complexity index is 511. The zero-order chi connectivity index (χ0) is 13.7. The lowest BCUT2D eigenvalue weighted by Crippen LogP contribution is -2.26. The van der Waals surface area contributed by atoms with Crippen LogP contribution in [0, 0.1) is 17.8 Å². The molecule has 108 valence electrons. The van der Waals surface area contributed by atoms with Gasteiger partial charge in [-0.3, -0.25) is 9.69 Å². The molecular formula is C14H19N3O3. The van der Waals surface area contributed by atoms with E-state index in [2.05, 4.69) is 15.0 Å². The van der Waals surface area contributed by atoms with Crippen molar-refractivity contribution in [2.24, 2.45) is 17.8 Å². The lowest BCUT2D eigenvalue weighted by atomic mass is 10.1. The standard InChI is InChI=1S/C14H19N3O3/c18-14(19)12-9-5-17(6-10(9)12)7-11-15-13(20-16-11)8-3-1-2-4-8/h8-10,12H,1-7H2,(H,18,19)/t9-,10+,12?. The van der Waals surface area contributed by atoms with Gasteiger partial charge in [-0.2, -0.15) is 4.98 Å². The van der Waals surface area contributed by atoms with E-state index in [1.54, 1.807) is 0 Å². The number of carboxylic acids is 1. The molecule has 1 aromatic heterocycles. The highest BCUT2D eigenvalue weighted by atomic mass is 16.5. The third-order valence-electron chi connectivity index (χ3n) is 5.11. The average molecular weight is 277 g/mol. The van der Waals surface area contributed by atoms with Crippen LogP contribution in [0.4, 0.5) is 0 Å². The van der Waals surface area contributed by atoms with Crippen molar-refractivity contribution in [3.05, 3.63) is 11.7 Å². The summed E-state index contributed by atoms with van der Waals surface area (Å²) in [5.41, 5.74) is 0. The largest absolute Gasteiger partial charge is 0.481 e. The lowest BCUT2D eigenvalue weighted by molar-refractivity contribution is -0.139. The van der Waals surface area contributed by atoms with Crippen LogP contribution in [0.25, 0.3) is 0 Å². The Hall–Kier alpha value is -1.43. The number of hydrogen-bond acceptors (Lipinski definition) is 5. The van der Waals surface area contributed by atoms with Crippen LogP contribution in [0.3, 0.4) is 0 Å². The Kier molecular flexibility index (Phi) is 2.80. The number of rotatable bonds is 4. The topological polar surface area (TPSA) is 79.5 Å². The van der Waals surface area contributed by atoms with Gasteiger partial charge in [0.1, 0.15) is 0 Å². The van der Waals surface area contributed by atoms with E-state index >= 15 is 0 Å². The van der Waals surface area contributed by atoms with E-state index in [9.17, 15) is 4.79 Å². The van der Waals surface area contributed by atoms with Gasteiger partial charge < -0.3 is 9.63 Å². The van der Waals surface area contributed by atoms with Gasteiger partial charge in [0.25, 0.3) is 0 Å². The van der Waals surface area contributed by atoms with Crippen LogP contribution in [0.15, 0.2) is 4.52 Å². The first-order chi connectivity index (χ1) is 9.72. The number of fused-ring (bicyclic) bond motifs is 1. The summed E-state index contributed by atoms with van der Waals surface area (Å²) >= 11 is 0. The fourth-order valence-electron chi connectivity index (χ4n) is 3.98. The van der Waals surface area contributed by atoms with Gasteiger partial charge in [0.05, 0.1) is 12.5 Å². The second kappa shape index (κ2) is 4.55. The SMILES string of the molecule is O=C(O)C1[C@H]2CN(Cc3noc(C4CCCC4)n3)C[C@@H]12. The van der Waals surface area contributed by atoms with Gasteiger partial charge in [-0.05, 0) is 24.7 Å². The number of aliphatic carboxylic acids is 1. The van der Waals surface area contributed by atoms with E-state index in [1.807, 2.05) is 0 Å². The van der Waals surface area contributed by atoms with E-state index in [-0.39, 0.29) is 5.92 Å². The zero-order valence-corrected chi connectivity index (χ0v) is 11.4. The maximum atomic E-state index is 10.9. The van der Waals surface area contributed by atoms with Crippen LogP contribution in [0.5, 0.6) is 0 Å². The predicted molar refractivity (Wildman–Crippen MR) is 68.9 cm³/mol. The molecule has 6 heteroatoms. The van der Waals surface area contributed by atoms with Gasteiger partial charge in [-0.1, -0.05) is 18.0 Å². The van der Waals surface area contributed by atoms with Crippen molar-refractivity contribution in [2.45, 2.75) is 38.1 Å². The number of carboxylic acid groups (broad SMARTS) is 1. The molecule has 4 rings (SSSR count). The summed E-state index contributed by atoms with van der Waals surface area (Å²) in [5, 5.41) is 13.1. The second-order valence-corrected chi connectivity index (χ2v) is 6.42. The van der Waals surface area contributed by atoms with E-state index < -0.39 is 5.97 Å². The zero-order valence-electron chi connectivity index (χ0n) is 11.4. The van der Waals surface area contributed by atoms with Crippen LogP contribution in [-0.4, -0.2) is 39.2 Å². The highest BCUT2D eigenvalue weighted by Crippen LogP contribution is 2.51. The number of aromatic nitrogens is 2. The first kappa shape index (κ1) is 12.3. The molecular weight excluding hydrogens is 258 g/mol. The molecule has 1 unspecified atom stereocenters. The Balaban J connectivity index is 1.34. The molecule has 1 aliphatic heterocycles. The third kappa shape index (κ3) is 2.02. The van der Waals surface area contributed by atoms with Crippen molar-refractivity contribution in [1.29, 1.82) is 0 Å². The van der Waals surface area contributed by atoms with Crippen LogP contribution < -0.4 is 0 Å². The fourth-order valence-corrected chi connectivity index (χ4v) is 3.98. The normalized spacial score (nSPS) is 33.5. The molecule has 1 N–H and O–H groups in total. The van der Waals surface area contributed by atoms with Crippen molar-refractivity contribution in [3.63, 3.8) is 0 Å². The molecule has 2 aliphatic carbocycles. The van der Waals surface area contributed by atoms with Crippen molar-refractivity contribution in [3.8, 4) is 0 Å². The maximum Gasteiger partial charge on any atom is 0.307 e. The molecule has 1 saturated heterocycles. The molecule has 2 saturated carbocycles. The summed E-state index contributed by atoms with van der Waals surface area (Å²) in [4.78, 5) is 17.7. The molecule has 2 heterocycles. The molecule has 0 amide bonds. The summed E-state index contributed by atoms with van der Waals surface area (Å²) < 4.78 is 5.37. The lowest BCUT2D eigenvalue weighted by Gasteiger charge is -2.15. The summed E-state index contributed by atoms with van der Waals surface area (Å²) in [6.45, 7) is 2.40. The van der Waals surface area contributed by atoms with E-state index in [4.69, 9.17) is 9.63 Å². The minimum atomic E-state index is -0.636. The molecule has 0 spiro atoms. The van der Waals surface area contributed by atoms with E-state index in [0.29, 0.717) is 24.3 Å². The summed E-state index contributed by atoms with van der Waals surface area (Å²) in [5.74, 6) is 1.95. The molecule has 0 radical (unpaired) electrons. The molecule has 0 bridgehead atoms. The maximum absolute atomic E-state index is 10.9. The van der Waals surface area contributed by atoms with Gasteiger partial charge >= 0.3 is 5.97 Å². The molecule has 3 fully saturated rings. The fraction of sp³-hybridized carbons (Fsp3) is 0.786. The number of carbonyl (C=O) groups is 1. The van der Waals surface area contributed by atoms with Crippen LogP contribution in [0.2, 0.25) is 0 Å². The Labute approximate surface area is 117 Å². The predicted octanol–water partition coefficient (Wildman–Crippen LogP) is 1.49. The number of nitrogens with zero attached hydrogens (tertiary/aromatic N) is 3. The smallest absolute Gasteiger partial charge is 0.307 e. The molecule has 1 aromatic rings. The van der Waals surface area contributed by atoms with Gasteiger partial charge in [0.15, 0.2) is 5.82 Å². The van der Waals surface area contributed by atoms with E-state index in [0.717, 1.165) is 37.6 Å². The molecule has 3 aliphatic rings. The Morgan fingerprint density at radius 1 is 1.30 bits per heavy atom. The number of hydrogen-bond donors (Lipinski definition) is 1. The summed E-state index contributed by atoms with van der Waals surface area (Å²) in [6, 6.07) is 0. The molecule has 3 atom stereocenters. The molecule has 20 heavy (non-hydrogen) atoms. The monoisotopic (exact) mass is 277 g/mol. The first-order valence-corrected chi connectivity index (χ1v) is 7.50. The number of piperidine rings is 1. The van der Waals surface area contributed by atoms with Gasteiger partial charge in [0.2, 0.25) is 5.89 Å². The highest BCUT2D eigenvalue weighted by Gasteiger charge is 2.59. The Morgan fingerprint density at radius 2 is 2.00 bits per heavy atom. The molecule has 0 aromatic carbocycles. The Morgan fingerprint density at radius 3 is 2.65 bits per heavy atom. The quantitative estimate of drug-likeness (QED) is 0.898. The van der Waals surface area contributed by atoms with Crippen molar-refractivity contribution >= 4 is 5.97 Å². The van der Waals surface area contributed by atoms with Gasteiger partial charge in [-0.15, -0.1) is 0 Å². The van der Waals surface area contributed by atoms with Gasteiger partial charge in [-0.25, -0.2) is 0 Å². The van der Waals surface area contributed by atoms with Crippen LogP contribution in [-0.2, 0) is 11.3 Å². The minimum absolute atomic E-state index is 0.106. The summed E-state index contributed by atoms with van der Waals surface area (Å²) in [6.07, 6.45) is 4.84. The van der Waals surface area contributed by atoms with Crippen LogP contribution in [0.1, 0.15) is 43.3 Å². The van der Waals surface area contributed by atoms with Crippen molar-refractivity contribution < 1.29 is 14.4 Å². The van der Waals surface area contributed by atoms with Gasteiger partial charge in [0, 0.05) is 19.0 Å². The van der Waals surface area contributed by atoms with E-state index in [1.165, 1.54) is 12.8 Å². The summed E-state index contributed by atoms with van der Waals surface area (Å²) in [7, 11) is 0. The average Bonchev–Trinajstić information content (AvgIpc) is 2.93. The minimum Gasteiger partial charge on any atom is -0.481 e. The number of likely N-dealkylation sites (tertiary alicyclic amines) is 1. The molecule has 6 nitrogen and oxygen atoms in total. The highest BCUT2D eigenvalue weighted by molar-refractivity contribution is 5.74. The first-order valence-electron chi connectivity index (χ1n) is 7.50. The second-order valence-electron chi connectivity index (χ2n) is 6.42. The third-order valence-corrected chi connectivity index (χ3v) is 5.11.